The average molecular weight is 409 g/mol. The van der Waals surface area contributed by atoms with Crippen molar-refractivity contribution in [1.29, 1.82) is 0 Å². The van der Waals surface area contributed by atoms with Crippen LogP contribution in [0.15, 0.2) is 33.5 Å². The number of nitrogen functional groups attached to an aromatic ring is 2. The minimum absolute atomic E-state index is 0.0587. The Kier molecular flexibility index (Phi) is 5.78. The van der Waals surface area contributed by atoms with Gasteiger partial charge in [-0.15, -0.1) is 0 Å². The number of benzene rings is 2. The minimum atomic E-state index is -1.81. The van der Waals surface area contributed by atoms with Crippen molar-refractivity contribution >= 4 is 22.3 Å². The zero-order valence-electron chi connectivity index (χ0n) is 15.0. The Labute approximate surface area is 162 Å². The van der Waals surface area contributed by atoms with E-state index in [-0.39, 0.29) is 36.6 Å². The first-order valence-electron chi connectivity index (χ1n) is 8.58. The molecule has 3 aromatic rings. The summed E-state index contributed by atoms with van der Waals surface area (Å²) in [5.41, 5.74) is 7.99. The van der Waals surface area contributed by atoms with E-state index in [0.717, 1.165) is 12.1 Å². The van der Waals surface area contributed by atoms with E-state index < -0.39 is 51.3 Å². The Bertz CT molecular complexity index is 1130. The second-order valence-electron chi connectivity index (χ2n) is 6.30. The second-order valence-corrected chi connectivity index (χ2v) is 6.30. The van der Waals surface area contributed by atoms with Crippen molar-refractivity contribution in [2.24, 2.45) is 0 Å². The van der Waals surface area contributed by atoms with Crippen molar-refractivity contribution < 1.29 is 27.8 Å². The van der Waals surface area contributed by atoms with Crippen LogP contribution in [0.4, 0.5) is 24.5 Å². The van der Waals surface area contributed by atoms with E-state index in [1.54, 1.807) is 0 Å². The average Bonchev–Trinajstić information content (AvgIpc) is 2.68. The normalized spacial score (nSPS) is 12.4. The molecular weight excluding hydrogens is 391 g/mol. The third kappa shape index (κ3) is 3.77. The van der Waals surface area contributed by atoms with E-state index in [1.807, 2.05) is 0 Å². The van der Waals surface area contributed by atoms with E-state index in [9.17, 15) is 18.7 Å². The highest BCUT2D eigenvalue weighted by molar-refractivity contribution is 5.91. The van der Waals surface area contributed by atoms with Crippen LogP contribution in [0, 0.1) is 17.5 Å². The van der Waals surface area contributed by atoms with E-state index in [4.69, 9.17) is 21.0 Å². The first-order chi connectivity index (χ1) is 13.8. The number of aliphatic hydroxyl groups is 2. The molecule has 0 fully saturated rings. The van der Waals surface area contributed by atoms with E-state index in [0.29, 0.717) is 0 Å². The van der Waals surface area contributed by atoms with E-state index in [2.05, 4.69) is 5.32 Å². The summed E-state index contributed by atoms with van der Waals surface area (Å²) < 4.78 is 48.8. The number of halogens is 3. The lowest BCUT2D eigenvalue weighted by Crippen LogP contribution is -2.25. The first-order valence-corrected chi connectivity index (χ1v) is 8.58. The molecule has 10 heteroatoms. The molecule has 0 aliphatic carbocycles. The third-order valence-electron chi connectivity index (χ3n) is 4.36. The van der Waals surface area contributed by atoms with Crippen molar-refractivity contribution in [3.8, 4) is 11.3 Å². The number of nitrogens with one attached hydrogen (secondary N) is 1. The molecule has 0 bridgehead atoms. The van der Waals surface area contributed by atoms with Gasteiger partial charge in [0.2, 0.25) is 0 Å². The second kappa shape index (κ2) is 8.11. The van der Waals surface area contributed by atoms with Crippen molar-refractivity contribution in [3.63, 3.8) is 0 Å². The van der Waals surface area contributed by atoms with E-state index in [1.165, 1.54) is 12.1 Å². The van der Waals surface area contributed by atoms with Gasteiger partial charge in [-0.2, -0.15) is 0 Å². The summed E-state index contributed by atoms with van der Waals surface area (Å²) in [7, 11) is 0. The van der Waals surface area contributed by atoms with Gasteiger partial charge in [-0.1, -0.05) is 0 Å². The number of anilines is 2. The molecule has 1 unspecified atom stereocenters. The van der Waals surface area contributed by atoms with Crippen LogP contribution in [0.1, 0.15) is 18.2 Å². The number of hydrogen-bond acceptors (Lipinski definition) is 7. The zero-order valence-corrected chi connectivity index (χ0v) is 15.0. The minimum Gasteiger partial charge on any atom is -0.453 e. The molecule has 29 heavy (non-hydrogen) atoms. The Balaban J connectivity index is 2.21. The summed E-state index contributed by atoms with van der Waals surface area (Å²) in [6.45, 7) is -0.135. The summed E-state index contributed by atoms with van der Waals surface area (Å²) in [5.74, 6) is -3.60. The fourth-order valence-corrected chi connectivity index (χ4v) is 2.86. The maximum Gasteiger partial charge on any atom is 0.195 e. The van der Waals surface area contributed by atoms with Gasteiger partial charge in [0.05, 0.1) is 22.3 Å². The molecule has 1 atom stereocenters. The fraction of sp³-hybridized carbons (Fsp3) is 0.211. The van der Waals surface area contributed by atoms with Gasteiger partial charge >= 0.3 is 0 Å². The lowest BCUT2D eigenvalue weighted by Gasteiger charge is -2.17. The number of rotatable bonds is 6. The van der Waals surface area contributed by atoms with Crippen molar-refractivity contribution in [2.75, 3.05) is 24.6 Å². The molecule has 1 aromatic heterocycles. The predicted octanol–water partition coefficient (Wildman–Crippen LogP) is 2.00. The van der Waals surface area contributed by atoms with Gasteiger partial charge in [0.1, 0.15) is 17.8 Å². The molecule has 3 rings (SSSR count). The molecule has 7 nitrogen and oxygen atoms in total. The highest BCUT2D eigenvalue weighted by atomic mass is 19.1. The third-order valence-corrected chi connectivity index (χ3v) is 4.36. The maximum atomic E-state index is 15.0. The van der Waals surface area contributed by atoms with E-state index >= 15 is 4.39 Å². The molecule has 0 saturated carbocycles. The zero-order chi connectivity index (χ0) is 21.3. The topological polar surface area (TPSA) is 135 Å². The molecule has 0 amide bonds. The number of hydrogen-bond donors (Lipinski definition) is 5. The molecule has 0 radical (unpaired) electrons. The predicted molar refractivity (Wildman–Crippen MR) is 101 cm³/mol. The molecule has 0 spiro atoms. The monoisotopic (exact) mass is 409 g/mol. The Morgan fingerprint density at radius 2 is 1.86 bits per heavy atom. The Morgan fingerprint density at radius 3 is 2.52 bits per heavy atom. The van der Waals surface area contributed by atoms with Crippen LogP contribution in [0.2, 0.25) is 0 Å². The summed E-state index contributed by atoms with van der Waals surface area (Å²) in [6, 6.07) is 4.53. The number of aliphatic hydroxyl groups excluding tert-OH is 2. The molecule has 1 heterocycles. The molecule has 2 aromatic carbocycles. The van der Waals surface area contributed by atoms with Gasteiger partial charge in [0.15, 0.2) is 22.6 Å². The molecule has 0 aliphatic heterocycles. The standard InChI is InChI=1S/C19H18F3N3O4/c20-9-6-8(2-3-10(9)23)12-7-11(27)13-17(24)15(21)14(16(22)18(13)29-12)19(28)25-4-1-5-26/h2-3,6-7,19,25-26,28H,1,4-5,23-24H2. The number of fused-ring (bicyclic) bond motifs is 1. The highest BCUT2D eigenvalue weighted by Crippen LogP contribution is 2.34. The summed E-state index contributed by atoms with van der Waals surface area (Å²) in [4.78, 5) is 12.4. The van der Waals surface area contributed by atoms with Crippen LogP contribution >= 0.6 is 0 Å². The van der Waals surface area contributed by atoms with Gasteiger partial charge < -0.3 is 26.1 Å². The van der Waals surface area contributed by atoms with Gasteiger partial charge in [0, 0.05) is 18.2 Å². The lowest BCUT2D eigenvalue weighted by molar-refractivity contribution is 0.127. The van der Waals surface area contributed by atoms with Crippen LogP contribution in [-0.2, 0) is 0 Å². The van der Waals surface area contributed by atoms with Gasteiger partial charge in [-0.05, 0) is 31.2 Å². The maximum absolute atomic E-state index is 15.0. The van der Waals surface area contributed by atoms with Gasteiger partial charge in [0.25, 0.3) is 0 Å². The van der Waals surface area contributed by atoms with Crippen LogP contribution in [0.5, 0.6) is 0 Å². The smallest absolute Gasteiger partial charge is 0.195 e. The quantitative estimate of drug-likeness (QED) is 0.239. The number of nitrogens with two attached hydrogens (primary N) is 2. The Hall–Kier alpha value is -3.08. The largest absolute Gasteiger partial charge is 0.453 e. The van der Waals surface area contributed by atoms with Crippen molar-refractivity contribution in [3.05, 3.63) is 57.5 Å². The lowest BCUT2D eigenvalue weighted by atomic mass is 10.0. The first kappa shape index (κ1) is 20.6. The van der Waals surface area contributed by atoms with Crippen LogP contribution in [-0.4, -0.2) is 23.4 Å². The molecule has 0 saturated heterocycles. The fourth-order valence-electron chi connectivity index (χ4n) is 2.86. The van der Waals surface area contributed by atoms with Crippen LogP contribution < -0.4 is 22.2 Å². The van der Waals surface area contributed by atoms with Crippen LogP contribution in [0.3, 0.4) is 0 Å². The molecule has 7 N–H and O–H groups in total. The van der Waals surface area contributed by atoms with Gasteiger partial charge in [-0.3, -0.25) is 10.1 Å². The van der Waals surface area contributed by atoms with Crippen LogP contribution in [0.25, 0.3) is 22.3 Å². The van der Waals surface area contributed by atoms with Crippen molar-refractivity contribution in [1.82, 2.24) is 5.32 Å². The summed E-state index contributed by atoms with van der Waals surface area (Å²) in [5, 5.41) is 20.8. The Morgan fingerprint density at radius 1 is 1.14 bits per heavy atom. The molecular formula is C19H18F3N3O4. The SMILES string of the molecule is Nc1ccc(-c2cc(=O)c3c(N)c(F)c(C(O)NCCCO)c(F)c3o2)cc1F. The highest BCUT2D eigenvalue weighted by Gasteiger charge is 2.27. The molecule has 154 valence electrons. The molecule has 0 aliphatic rings. The summed E-state index contributed by atoms with van der Waals surface area (Å²) >= 11 is 0. The van der Waals surface area contributed by atoms with Crippen molar-refractivity contribution in [2.45, 2.75) is 12.6 Å². The summed E-state index contributed by atoms with van der Waals surface area (Å²) in [6.07, 6.45) is -1.58. The van der Waals surface area contributed by atoms with Gasteiger partial charge in [-0.25, -0.2) is 13.2 Å².